The smallest absolute Gasteiger partial charge is 0.439 e. The fraction of sp³-hybridized carbons (Fsp3) is 0.633. The largest absolute Gasteiger partial charge is 0.483 e. The monoisotopic (exact) mass is 734 g/mol. The molecule has 0 amide bonds. The van der Waals surface area contributed by atoms with E-state index in [0.29, 0.717) is 25.3 Å². The number of aromatic nitrogens is 3. The number of hydrogen-bond acceptors (Lipinski definition) is 8. The van der Waals surface area contributed by atoms with E-state index < -0.39 is 77.0 Å². The summed E-state index contributed by atoms with van der Waals surface area (Å²) in [4.78, 5) is 19.9. The number of aromatic amines is 1. The number of piperidine rings is 1. The highest BCUT2D eigenvalue weighted by atomic mass is 32.1. The molecule has 1 aliphatic carbocycles. The summed E-state index contributed by atoms with van der Waals surface area (Å²) in [5.41, 5.74) is -2.53. The van der Waals surface area contributed by atoms with Gasteiger partial charge in [-0.3, -0.25) is 14.4 Å². The second kappa shape index (κ2) is 14.1. The average Bonchev–Trinajstić information content (AvgIpc) is 3.65. The minimum absolute atomic E-state index is 0.0126. The zero-order valence-corrected chi connectivity index (χ0v) is 26.8. The second-order valence-electron chi connectivity index (χ2n) is 12.2. The van der Waals surface area contributed by atoms with Crippen LogP contribution in [0.2, 0.25) is 0 Å². The first kappa shape index (κ1) is 36.9. The number of thiazole rings is 1. The normalized spacial score (nSPS) is 18.8. The molecule has 2 aromatic heterocycles. The van der Waals surface area contributed by atoms with Gasteiger partial charge < -0.3 is 9.47 Å². The summed E-state index contributed by atoms with van der Waals surface area (Å²) in [6.07, 6.45) is -14.6. The summed E-state index contributed by atoms with van der Waals surface area (Å²) >= 11 is 0.736. The number of ether oxygens (including phenoxy) is 2. The van der Waals surface area contributed by atoms with E-state index in [9.17, 15) is 44.3 Å². The van der Waals surface area contributed by atoms with E-state index in [1.165, 1.54) is 0 Å². The van der Waals surface area contributed by atoms with Gasteiger partial charge >= 0.3 is 24.3 Å². The van der Waals surface area contributed by atoms with Crippen molar-refractivity contribution in [1.82, 2.24) is 20.0 Å². The minimum Gasteiger partial charge on any atom is -0.483 e. The molecule has 1 N–H and O–H groups in total. The highest BCUT2D eigenvalue weighted by molar-refractivity contribution is 7.12. The molecule has 49 heavy (non-hydrogen) atoms. The molecule has 272 valence electrons. The molecule has 1 aliphatic heterocycles. The van der Waals surface area contributed by atoms with E-state index in [-0.39, 0.29) is 67.3 Å². The molecule has 0 spiro atoms. The molecule has 2 fully saturated rings. The standard InChI is InChI=1S/C30H32F10N4O4S/c1-2-20(47-22-13-21(46-15-28(32,33)34)17(12-18(22)31)24-42-26(45)48-43-24)23-19(14-44-10-6-16(7-11-44)29(35,36)37)41-25(49-23)27(30(38,39)40)8-4-3-5-9-27/h12-13,16,20H,2-11,14-15H2,1H3,(H,42,43,45). The minimum atomic E-state index is -4.81. The summed E-state index contributed by atoms with van der Waals surface area (Å²) in [7, 11) is 0. The van der Waals surface area contributed by atoms with Crippen molar-refractivity contribution in [3.8, 4) is 22.9 Å². The molecular formula is C30H32F10N4O4S. The molecular weight excluding hydrogens is 702 g/mol. The zero-order chi connectivity index (χ0) is 35.8. The lowest BCUT2D eigenvalue weighted by atomic mass is 9.74. The third kappa shape index (κ3) is 8.35. The number of H-pyrrole nitrogens is 1. The molecule has 3 aromatic rings. The van der Waals surface area contributed by atoms with Crippen LogP contribution in [-0.4, -0.2) is 58.2 Å². The Morgan fingerprint density at radius 3 is 2.27 bits per heavy atom. The summed E-state index contributed by atoms with van der Waals surface area (Å²) in [5.74, 6) is -5.36. The van der Waals surface area contributed by atoms with Crippen molar-refractivity contribution in [1.29, 1.82) is 0 Å². The van der Waals surface area contributed by atoms with E-state index in [1.807, 2.05) is 0 Å². The number of rotatable bonds is 10. The first-order chi connectivity index (χ1) is 22.9. The van der Waals surface area contributed by atoms with Crippen LogP contribution in [0.1, 0.15) is 80.0 Å². The van der Waals surface area contributed by atoms with Crippen molar-refractivity contribution in [3.05, 3.63) is 44.1 Å². The summed E-state index contributed by atoms with van der Waals surface area (Å²) < 4.78 is 154. The Hall–Kier alpha value is -3.35. The molecule has 1 aromatic carbocycles. The molecule has 19 heteroatoms. The van der Waals surface area contributed by atoms with Gasteiger partial charge in [0.15, 0.2) is 24.0 Å². The number of hydrogen-bond donors (Lipinski definition) is 1. The topological polar surface area (TPSA) is 93.5 Å². The number of alkyl halides is 9. The molecule has 1 saturated heterocycles. The van der Waals surface area contributed by atoms with Crippen molar-refractivity contribution in [3.63, 3.8) is 0 Å². The lowest BCUT2D eigenvalue weighted by Gasteiger charge is -2.37. The molecule has 0 radical (unpaired) electrons. The van der Waals surface area contributed by atoms with Gasteiger partial charge in [0.2, 0.25) is 0 Å². The predicted molar refractivity (Wildman–Crippen MR) is 155 cm³/mol. The van der Waals surface area contributed by atoms with Crippen LogP contribution in [0.4, 0.5) is 43.9 Å². The van der Waals surface area contributed by atoms with Gasteiger partial charge in [0, 0.05) is 12.6 Å². The maximum atomic E-state index is 15.5. The molecule has 3 heterocycles. The molecule has 8 nitrogen and oxygen atoms in total. The lowest BCUT2D eigenvalue weighted by Crippen LogP contribution is -2.44. The predicted octanol–water partition coefficient (Wildman–Crippen LogP) is 8.64. The number of nitrogens with zero attached hydrogens (tertiary/aromatic N) is 3. The summed E-state index contributed by atoms with van der Waals surface area (Å²) in [6, 6.07) is 1.50. The maximum absolute atomic E-state index is 15.5. The third-order valence-electron chi connectivity index (χ3n) is 8.86. The van der Waals surface area contributed by atoms with Crippen LogP contribution in [0.15, 0.2) is 21.5 Å². The Labute approximate surface area is 276 Å². The summed E-state index contributed by atoms with van der Waals surface area (Å²) in [5, 5.41) is 3.14. The van der Waals surface area contributed by atoms with Crippen LogP contribution in [0.3, 0.4) is 0 Å². The quantitative estimate of drug-likeness (QED) is 0.209. The van der Waals surface area contributed by atoms with Gasteiger partial charge in [-0.25, -0.2) is 14.2 Å². The Bertz CT molecular complexity index is 1630. The van der Waals surface area contributed by atoms with E-state index in [1.54, 1.807) is 11.8 Å². The Morgan fingerprint density at radius 2 is 1.71 bits per heavy atom. The number of likely N-dealkylation sites (tertiary alicyclic amines) is 1. The van der Waals surface area contributed by atoms with Crippen LogP contribution < -0.4 is 15.2 Å². The van der Waals surface area contributed by atoms with Crippen molar-refractivity contribution in [2.24, 2.45) is 5.92 Å². The second-order valence-corrected chi connectivity index (χ2v) is 13.2. The van der Waals surface area contributed by atoms with Crippen molar-refractivity contribution in [2.45, 2.75) is 94.9 Å². The van der Waals surface area contributed by atoms with Gasteiger partial charge in [0.05, 0.1) is 22.1 Å². The SMILES string of the molecule is CCC(Oc1cc(OCC(F)(F)F)c(-c2noc(=O)[nH]2)cc1F)c1sc(C2(C(F)(F)F)CCCCC2)nc1CN1CCC(C(F)(F)F)CC1. The van der Waals surface area contributed by atoms with Crippen LogP contribution in [0, 0.1) is 11.7 Å². The Kier molecular flexibility index (Phi) is 10.6. The van der Waals surface area contributed by atoms with E-state index in [2.05, 4.69) is 19.6 Å². The van der Waals surface area contributed by atoms with Gasteiger partial charge in [0.1, 0.15) is 22.3 Å². The van der Waals surface area contributed by atoms with Crippen molar-refractivity contribution < 1.29 is 57.9 Å². The first-order valence-corrected chi connectivity index (χ1v) is 16.3. The van der Waals surface area contributed by atoms with Gasteiger partial charge in [-0.2, -0.15) is 39.5 Å². The molecule has 1 saturated carbocycles. The molecule has 2 aliphatic rings. The summed E-state index contributed by atoms with van der Waals surface area (Å²) in [6.45, 7) is -0.282. The Balaban J connectivity index is 1.52. The lowest BCUT2D eigenvalue weighted by molar-refractivity contribution is -0.199. The van der Waals surface area contributed by atoms with Crippen LogP contribution in [0.5, 0.6) is 11.5 Å². The van der Waals surface area contributed by atoms with Crippen molar-refractivity contribution >= 4 is 11.3 Å². The molecule has 0 bridgehead atoms. The highest BCUT2D eigenvalue weighted by Gasteiger charge is 2.58. The van der Waals surface area contributed by atoms with Gasteiger partial charge in [-0.1, -0.05) is 31.3 Å². The molecule has 1 atom stereocenters. The van der Waals surface area contributed by atoms with Crippen molar-refractivity contribution in [2.75, 3.05) is 19.7 Å². The average molecular weight is 735 g/mol. The van der Waals surface area contributed by atoms with Gasteiger partial charge in [0.25, 0.3) is 0 Å². The maximum Gasteiger partial charge on any atom is 0.439 e. The van der Waals surface area contributed by atoms with Crippen LogP contribution >= 0.6 is 11.3 Å². The van der Waals surface area contributed by atoms with Crippen LogP contribution in [-0.2, 0) is 12.0 Å². The Morgan fingerprint density at radius 1 is 1.04 bits per heavy atom. The zero-order valence-electron chi connectivity index (χ0n) is 26.0. The number of benzene rings is 1. The first-order valence-electron chi connectivity index (χ1n) is 15.5. The van der Waals surface area contributed by atoms with E-state index >= 15 is 4.39 Å². The molecule has 5 rings (SSSR count). The number of halogens is 10. The molecule has 1 unspecified atom stereocenters. The van der Waals surface area contributed by atoms with Crippen LogP contribution in [0.25, 0.3) is 11.4 Å². The van der Waals surface area contributed by atoms with Gasteiger partial charge in [-0.05, 0) is 51.3 Å². The van der Waals surface area contributed by atoms with Gasteiger partial charge in [-0.15, -0.1) is 11.3 Å². The third-order valence-corrected chi connectivity index (χ3v) is 10.3. The fourth-order valence-corrected chi connectivity index (χ4v) is 7.70. The van der Waals surface area contributed by atoms with E-state index in [4.69, 9.17) is 9.47 Å². The number of nitrogens with one attached hydrogen (secondary N) is 1. The fourth-order valence-electron chi connectivity index (χ4n) is 6.25. The highest BCUT2D eigenvalue weighted by Crippen LogP contribution is 2.53. The van der Waals surface area contributed by atoms with E-state index in [0.717, 1.165) is 17.4 Å².